The Labute approximate surface area is 203 Å². The molecule has 0 aromatic carbocycles. The Morgan fingerprint density at radius 3 is 2.91 bits per heavy atom. The van der Waals surface area contributed by atoms with Crippen LogP contribution in [0.2, 0.25) is 0 Å². The second-order valence-corrected chi connectivity index (χ2v) is 9.40. The third kappa shape index (κ3) is 6.35. The topological polar surface area (TPSA) is 96.6 Å². The molecule has 0 aliphatic carbocycles. The van der Waals surface area contributed by atoms with Gasteiger partial charge < -0.3 is 24.7 Å². The molecule has 8 nitrogen and oxygen atoms in total. The number of methoxy groups -OCH3 is 1. The number of amides is 2. The zero-order chi connectivity index (χ0) is 24.0. The number of rotatable bonds is 7. The molecule has 180 valence electrons. The fraction of sp³-hybridized carbons (Fsp3) is 0.542. The summed E-state index contributed by atoms with van der Waals surface area (Å²) in [7, 11) is 1.31. The third-order valence-electron chi connectivity index (χ3n) is 6.23. The number of aromatic amines is 1. The van der Waals surface area contributed by atoms with Crippen LogP contribution in [-0.4, -0.2) is 59.3 Å². The molecule has 2 saturated heterocycles. The highest BCUT2D eigenvalue weighted by atomic mass is 79.9. The largest absolute Gasteiger partial charge is 0.453 e. The smallest absolute Gasteiger partial charge is 0.407 e. The maximum Gasteiger partial charge on any atom is 0.407 e. The minimum atomic E-state index is -0.657. The molecule has 2 aliphatic heterocycles. The fourth-order valence-electron chi connectivity index (χ4n) is 4.43. The number of ether oxygens (including phenoxy) is 2. The van der Waals surface area contributed by atoms with Crippen molar-refractivity contribution in [1.82, 2.24) is 20.2 Å². The number of carbonyl (C=O) groups is 2. The van der Waals surface area contributed by atoms with Crippen LogP contribution >= 0.6 is 15.9 Å². The van der Waals surface area contributed by atoms with Gasteiger partial charge in [-0.3, -0.25) is 4.79 Å². The first-order chi connectivity index (χ1) is 15.8. The standard InChI is InChI=1S/C24H33BrN4O4/c1-5-18(25)9-8-15(2)19-14-26-22(27-19)20-7-6-11-29(20)23(30)21(28-24(31)32-4)17-10-12-33-16(3)13-17/h5,8-9,14,16-17,20-21H,2,6-7,10-13H2,1,3-4H3,(H,26,27)(H,28,31)/b9-8-,18-5+. The Hall–Kier alpha value is -2.39. The molecule has 2 N–H and O–H groups in total. The lowest BCUT2D eigenvalue weighted by atomic mass is 9.88. The number of hydrogen-bond donors (Lipinski definition) is 2. The van der Waals surface area contributed by atoms with Crippen LogP contribution in [0.5, 0.6) is 0 Å². The normalized spacial score (nSPS) is 24.7. The van der Waals surface area contributed by atoms with Gasteiger partial charge in [0.05, 0.1) is 31.1 Å². The lowest BCUT2D eigenvalue weighted by molar-refractivity contribution is -0.137. The molecule has 2 amide bonds. The first kappa shape index (κ1) is 25.2. The molecule has 0 bridgehead atoms. The molecule has 9 heteroatoms. The predicted molar refractivity (Wildman–Crippen MR) is 131 cm³/mol. The molecule has 4 atom stereocenters. The van der Waals surface area contributed by atoms with E-state index in [0.29, 0.717) is 26.0 Å². The third-order valence-corrected chi connectivity index (χ3v) is 6.96. The number of alkyl carbamates (subject to hydrolysis) is 1. The van der Waals surface area contributed by atoms with Crippen molar-refractivity contribution < 1.29 is 19.1 Å². The van der Waals surface area contributed by atoms with Crippen molar-refractivity contribution in [2.24, 2.45) is 5.92 Å². The zero-order valence-corrected chi connectivity index (χ0v) is 21.1. The molecule has 2 fully saturated rings. The van der Waals surface area contributed by atoms with Gasteiger partial charge in [-0.15, -0.1) is 0 Å². The van der Waals surface area contributed by atoms with Gasteiger partial charge in [-0.2, -0.15) is 0 Å². The van der Waals surface area contributed by atoms with E-state index in [1.54, 1.807) is 6.20 Å². The van der Waals surface area contributed by atoms with E-state index in [2.05, 4.69) is 37.8 Å². The molecule has 1 aromatic rings. The number of imidazole rings is 1. The van der Waals surface area contributed by atoms with Crippen LogP contribution in [-0.2, 0) is 14.3 Å². The van der Waals surface area contributed by atoms with Crippen LogP contribution in [0.3, 0.4) is 0 Å². The van der Waals surface area contributed by atoms with Gasteiger partial charge in [0.25, 0.3) is 0 Å². The highest BCUT2D eigenvalue weighted by molar-refractivity contribution is 9.11. The number of likely N-dealkylation sites (tertiary alicyclic amines) is 1. The van der Waals surface area contributed by atoms with Crippen molar-refractivity contribution in [1.29, 1.82) is 0 Å². The van der Waals surface area contributed by atoms with E-state index in [9.17, 15) is 9.59 Å². The first-order valence-electron chi connectivity index (χ1n) is 11.3. The van der Waals surface area contributed by atoms with Gasteiger partial charge >= 0.3 is 6.09 Å². The van der Waals surface area contributed by atoms with E-state index in [1.807, 2.05) is 37.0 Å². The van der Waals surface area contributed by atoms with Gasteiger partial charge in [0.15, 0.2) is 0 Å². The van der Waals surface area contributed by atoms with E-state index < -0.39 is 12.1 Å². The molecule has 4 unspecified atom stereocenters. The summed E-state index contributed by atoms with van der Waals surface area (Å²) in [6.07, 6.45) is 10.1. The van der Waals surface area contributed by atoms with E-state index >= 15 is 0 Å². The van der Waals surface area contributed by atoms with Crippen LogP contribution in [0.1, 0.15) is 57.1 Å². The van der Waals surface area contributed by atoms with Crippen LogP contribution in [0.4, 0.5) is 4.79 Å². The van der Waals surface area contributed by atoms with Crippen molar-refractivity contribution in [3.63, 3.8) is 0 Å². The molecule has 1 aromatic heterocycles. The first-order valence-corrected chi connectivity index (χ1v) is 12.1. The van der Waals surface area contributed by atoms with Gasteiger partial charge in [-0.1, -0.05) is 34.7 Å². The number of nitrogens with one attached hydrogen (secondary N) is 2. The summed E-state index contributed by atoms with van der Waals surface area (Å²) in [4.78, 5) is 35.4. The summed E-state index contributed by atoms with van der Waals surface area (Å²) < 4.78 is 11.4. The molecule has 0 radical (unpaired) electrons. The summed E-state index contributed by atoms with van der Waals surface area (Å²) in [6.45, 7) is 9.23. The lowest BCUT2D eigenvalue weighted by Gasteiger charge is -2.36. The summed E-state index contributed by atoms with van der Waals surface area (Å²) in [5.74, 6) is 0.618. The van der Waals surface area contributed by atoms with E-state index in [-0.39, 0.29) is 24.0 Å². The summed E-state index contributed by atoms with van der Waals surface area (Å²) >= 11 is 3.45. The average Bonchev–Trinajstić information content (AvgIpc) is 3.49. The molecular formula is C24H33BrN4O4. The minimum absolute atomic E-state index is 0.0104. The molecule has 33 heavy (non-hydrogen) atoms. The van der Waals surface area contributed by atoms with Gasteiger partial charge in [0, 0.05) is 17.6 Å². The molecule has 2 aliphatic rings. The Morgan fingerprint density at radius 1 is 1.42 bits per heavy atom. The molecule has 0 spiro atoms. The van der Waals surface area contributed by atoms with Crippen LogP contribution in [0.25, 0.3) is 5.57 Å². The van der Waals surface area contributed by atoms with Crippen LogP contribution in [0, 0.1) is 5.92 Å². The minimum Gasteiger partial charge on any atom is -0.453 e. The zero-order valence-electron chi connectivity index (χ0n) is 19.5. The van der Waals surface area contributed by atoms with Gasteiger partial charge in [0.1, 0.15) is 11.9 Å². The quantitative estimate of drug-likeness (QED) is 0.516. The van der Waals surface area contributed by atoms with Crippen molar-refractivity contribution in [2.45, 2.75) is 57.7 Å². The molecule has 3 heterocycles. The van der Waals surface area contributed by atoms with Crippen molar-refractivity contribution in [3.05, 3.63) is 47.0 Å². The predicted octanol–water partition coefficient (Wildman–Crippen LogP) is 4.48. The summed E-state index contributed by atoms with van der Waals surface area (Å²) in [6, 6.07) is -0.834. The summed E-state index contributed by atoms with van der Waals surface area (Å²) in [5, 5.41) is 2.79. The molecule has 3 rings (SSSR count). The number of nitrogens with zero attached hydrogens (tertiary/aromatic N) is 2. The SMILES string of the molecule is C=C(/C=C\C(Br)=C/C)c1cnc(C2CCCN2C(=O)C(NC(=O)OC)C2CCOC(C)C2)[nH]1. The second-order valence-electron chi connectivity index (χ2n) is 8.48. The van der Waals surface area contributed by atoms with Crippen molar-refractivity contribution in [3.8, 4) is 0 Å². The number of H-pyrrole nitrogens is 1. The number of aromatic nitrogens is 2. The van der Waals surface area contributed by atoms with Crippen LogP contribution < -0.4 is 5.32 Å². The Morgan fingerprint density at radius 2 is 2.21 bits per heavy atom. The maximum atomic E-state index is 13.7. The maximum absolute atomic E-state index is 13.7. The summed E-state index contributed by atoms with van der Waals surface area (Å²) in [5.41, 5.74) is 1.60. The number of allylic oxidation sites excluding steroid dienone is 5. The number of carbonyl (C=O) groups excluding carboxylic acids is 2. The number of hydrogen-bond acceptors (Lipinski definition) is 5. The lowest BCUT2D eigenvalue weighted by Crippen LogP contribution is -2.53. The Bertz CT molecular complexity index is 925. The Balaban J connectivity index is 1.78. The van der Waals surface area contributed by atoms with E-state index in [4.69, 9.17) is 9.47 Å². The number of halogens is 1. The molecule has 0 saturated carbocycles. The molecular weight excluding hydrogens is 488 g/mol. The van der Waals surface area contributed by atoms with E-state index in [0.717, 1.165) is 34.4 Å². The Kier molecular flexibility index (Phi) is 8.91. The highest BCUT2D eigenvalue weighted by Gasteiger charge is 2.40. The monoisotopic (exact) mass is 520 g/mol. The van der Waals surface area contributed by atoms with Crippen LogP contribution in [0.15, 0.2) is 35.5 Å². The highest BCUT2D eigenvalue weighted by Crippen LogP contribution is 2.33. The van der Waals surface area contributed by atoms with Crippen molar-refractivity contribution in [2.75, 3.05) is 20.3 Å². The fourth-order valence-corrected chi connectivity index (χ4v) is 4.56. The van der Waals surface area contributed by atoms with Crippen molar-refractivity contribution >= 4 is 33.5 Å². The van der Waals surface area contributed by atoms with Gasteiger partial charge in [0.2, 0.25) is 5.91 Å². The average molecular weight is 521 g/mol. The van der Waals surface area contributed by atoms with E-state index in [1.165, 1.54) is 7.11 Å². The second kappa shape index (κ2) is 11.7. The van der Waals surface area contributed by atoms with Gasteiger partial charge in [-0.05, 0) is 57.1 Å². The van der Waals surface area contributed by atoms with Gasteiger partial charge in [-0.25, -0.2) is 9.78 Å².